The summed E-state index contributed by atoms with van der Waals surface area (Å²) >= 11 is 0. The molecule has 1 aliphatic rings. The molecule has 6 nitrogen and oxygen atoms in total. The van der Waals surface area contributed by atoms with Gasteiger partial charge in [0.1, 0.15) is 5.52 Å². The van der Waals surface area contributed by atoms with Gasteiger partial charge in [0.25, 0.3) is 5.56 Å². The molecule has 0 saturated carbocycles. The minimum absolute atomic E-state index is 0.0996. The first kappa shape index (κ1) is 12.8. The molecule has 106 valence electrons. The number of hydrogen-bond donors (Lipinski definition) is 0. The number of aromatic nitrogens is 4. The molecule has 0 N–H and O–H groups in total. The highest BCUT2D eigenvalue weighted by atomic mass is 19.4. The van der Waals surface area contributed by atoms with Gasteiger partial charge >= 0.3 is 6.18 Å². The molecule has 0 unspecified atom stereocenters. The van der Waals surface area contributed by atoms with Gasteiger partial charge < -0.3 is 4.90 Å². The van der Waals surface area contributed by atoms with E-state index >= 15 is 0 Å². The molecule has 0 aromatic carbocycles. The lowest BCUT2D eigenvalue weighted by Crippen LogP contribution is -2.38. The quantitative estimate of drug-likeness (QED) is 0.780. The van der Waals surface area contributed by atoms with E-state index in [1.807, 2.05) is 4.90 Å². The van der Waals surface area contributed by atoms with E-state index in [0.717, 1.165) is 32.8 Å². The molecule has 0 radical (unpaired) electrons. The van der Waals surface area contributed by atoms with Gasteiger partial charge in [-0.3, -0.25) is 9.36 Å². The zero-order valence-corrected chi connectivity index (χ0v) is 10.5. The van der Waals surface area contributed by atoms with Crippen molar-refractivity contribution in [3.63, 3.8) is 0 Å². The molecule has 0 spiro atoms. The van der Waals surface area contributed by atoms with E-state index in [9.17, 15) is 18.0 Å². The first-order chi connectivity index (χ1) is 9.38. The van der Waals surface area contributed by atoms with Crippen LogP contribution >= 0.6 is 0 Å². The van der Waals surface area contributed by atoms with E-state index in [4.69, 9.17) is 0 Å². The lowest BCUT2D eigenvalue weighted by molar-refractivity contribution is -0.147. The lowest BCUT2D eigenvalue weighted by atomic mass is 10.2. The fraction of sp³-hybridized carbons (Fsp3) is 0.455. The van der Waals surface area contributed by atoms with Crippen molar-refractivity contribution in [1.29, 1.82) is 0 Å². The maximum atomic E-state index is 12.8. The largest absolute Gasteiger partial charge is 0.449 e. The molecule has 2 aromatic rings. The number of nitrogens with zero attached hydrogens (tertiary/aromatic N) is 5. The third-order valence-corrected chi connectivity index (χ3v) is 3.20. The monoisotopic (exact) mass is 285 g/mol. The highest BCUT2D eigenvalue weighted by Crippen LogP contribution is 2.27. The van der Waals surface area contributed by atoms with E-state index in [-0.39, 0.29) is 11.0 Å². The zero-order chi connectivity index (χ0) is 14.5. The summed E-state index contributed by atoms with van der Waals surface area (Å²) in [6.45, 7) is 1.56. The average molecular weight is 285 g/mol. The third-order valence-electron chi connectivity index (χ3n) is 3.20. The normalized spacial score (nSPS) is 15.5. The Morgan fingerprint density at radius 1 is 1.25 bits per heavy atom. The van der Waals surface area contributed by atoms with Crippen LogP contribution in [0.2, 0.25) is 0 Å². The molecule has 2 aromatic heterocycles. The van der Waals surface area contributed by atoms with Crippen LogP contribution < -0.4 is 10.5 Å². The van der Waals surface area contributed by atoms with Crippen LogP contribution in [0.15, 0.2) is 11.0 Å². The maximum absolute atomic E-state index is 12.8. The Labute approximate surface area is 110 Å². The first-order valence-electron chi connectivity index (χ1n) is 5.94. The van der Waals surface area contributed by atoms with E-state index in [0.29, 0.717) is 10.5 Å². The van der Waals surface area contributed by atoms with Gasteiger partial charge in [-0.25, -0.2) is 15.0 Å². The van der Waals surface area contributed by atoms with Gasteiger partial charge in [-0.15, -0.1) is 0 Å². The van der Waals surface area contributed by atoms with E-state index in [1.165, 1.54) is 0 Å². The number of halogens is 3. The Balaban J connectivity index is 2.22. The Hall–Kier alpha value is -2.19. The summed E-state index contributed by atoms with van der Waals surface area (Å²) in [6.07, 6.45) is -2.53. The molecule has 0 aliphatic carbocycles. The third kappa shape index (κ3) is 1.89. The summed E-state index contributed by atoms with van der Waals surface area (Å²) in [5.41, 5.74) is -1.08. The van der Waals surface area contributed by atoms with Crippen molar-refractivity contribution in [2.45, 2.75) is 12.6 Å². The molecule has 0 amide bonds. The van der Waals surface area contributed by atoms with Gasteiger partial charge in [-0.2, -0.15) is 13.2 Å². The number of alkyl halides is 3. The number of fused-ring (bicyclic) bond motifs is 1. The highest BCUT2D eigenvalue weighted by molar-refractivity contribution is 5.73. The van der Waals surface area contributed by atoms with Crippen molar-refractivity contribution in [3.8, 4) is 0 Å². The molecule has 3 heterocycles. The molecule has 1 fully saturated rings. The minimum Gasteiger partial charge on any atom is -0.341 e. The predicted octanol–water partition coefficient (Wildman–Crippen LogP) is 0.952. The Kier molecular flexibility index (Phi) is 2.66. The smallest absolute Gasteiger partial charge is 0.341 e. The summed E-state index contributed by atoms with van der Waals surface area (Å²) in [6, 6.07) is 0. The van der Waals surface area contributed by atoms with Crippen LogP contribution in [0, 0.1) is 0 Å². The molecule has 0 atom stereocenters. The van der Waals surface area contributed by atoms with Crippen LogP contribution in [0.25, 0.3) is 11.0 Å². The summed E-state index contributed by atoms with van der Waals surface area (Å²) in [4.78, 5) is 25.3. The van der Waals surface area contributed by atoms with Gasteiger partial charge in [0.2, 0.25) is 11.8 Å². The number of anilines is 1. The zero-order valence-electron chi connectivity index (χ0n) is 10.5. The summed E-state index contributed by atoms with van der Waals surface area (Å²) in [5, 5.41) is 0. The summed E-state index contributed by atoms with van der Waals surface area (Å²) in [5.74, 6) is -0.905. The molecular weight excluding hydrogens is 275 g/mol. The van der Waals surface area contributed by atoms with Crippen LogP contribution in [-0.2, 0) is 13.2 Å². The first-order valence-corrected chi connectivity index (χ1v) is 5.94. The van der Waals surface area contributed by atoms with E-state index < -0.39 is 17.6 Å². The van der Waals surface area contributed by atoms with Crippen LogP contribution in [0.1, 0.15) is 12.2 Å². The maximum Gasteiger partial charge on any atom is 0.449 e. The predicted molar refractivity (Wildman–Crippen MR) is 64.4 cm³/mol. The summed E-state index contributed by atoms with van der Waals surface area (Å²) < 4.78 is 38.7. The second-order valence-electron chi connectivity index (χ2n) is 4.54. The van der Waals surface area contributed by atoms with Gasteiger partial charge in [0.05, 0.1) is 6.20 Å². The minimum atomic E-state index is -4.70. The Bertz CT molecular complexity index is 735. The molecule has 1 aliphatic heterocycles. The standard InChI is InChI=1S/C11H10F3N5O/c1-18-8(20)7-6(16-9(18)11(12,13)14)5-15-10(17-7)19-3-2-4-19/h5H,2-4H2,1H3. The second-order valence-corrected chi connectivity index (χ2v) is 4.54. The van der Waals surface area contributed by atoms with Crippen LogP contribution in [-0.4, -0.2) is 32.6 Å². The van der Waals surface area contributed by atoms with Crippen LogP contribution in [0.5, 0.6) is 0 Å². The second kappa shape index (κ2) is 4.15. The van der Waals surface area contributed by atoms with Gasteiger partial charge in [-0.1, -0.05) is 0 Å². The van der Waals surface area contributed by atoms with E-state index in [2.05, 4.69) is 15.0 Å². The van der Waals surface area contributed by atoms with Crippen molar-refractivity contribution in [2.75, 3.05) is 18.0 Å². The fourth-order valence-electron chi connectivity index (χ4n) is 1.97. The van der Waals surface area contributed by atoms with Crippen molar-refractivity contribution < 1.29 is 13.2 Å². The topological polar surface area (TPSA) is 63.9 Å². The van der Waals surface area contributed by atoms with Crippen molar-refractivity contribution in [3.05, 3.63) is 22.4 Å². The van der Waals surface area contributed by atoms with Crippen molar-refractivity contribution in [2.24, 2.45) is 7.05 Å². The molecule has 9 heteroatoms. The van der Waals surface area contributed by atoms with Crippen LogP contribution in [0.4, 0.5) is 19.1 Å². The lowest BCUT2D eigenvalue weighted by Gasteiger charge is -2.30. The number of rotatable bonds is 1. The van der Waals surface area contributed by atoms with Gasteiger partial charge in [0, 0.05) is 20.1 Å². The molecule has 20 heavy (non-hydrogen) atoms. The molecule has 1 saturated heterocycles. The Morgan fingerprint density at radius 3 is 2.50 bits per heavy atom. The molecular formula is C11H10F3N5O. The summed E-state index contributed by atoms with van der Waals surface area (Å²) in [7, 11) is 1.03. The average Bonchev–Trinajstić information content (AvgIpc) is 2.30. The van der Waals surface area contributed by atoms with E-state index in [1.54, 1.807) is 0 Å². The van der Waals surface area contributed by atoms with Gasteiger partial charge in [-0.05, 0) is 6.42 Å². The molecule has 0 bridgehead atoms. The Morgan fingerprint density at radius 2 is 1.95 bits per heavy atom. The number of hydrogen-bond acceptors (Lipinski definition) is 5. The van der Waals surface area contributed by atoms with Crippen molar-refractivity contribution >= 4 is 17.0 Å². The van der Waals surface area contributed by atoms with Crippen LogP contribution in [0.3, 0.4) is 0 Å². The fourth-order valence-corrected chi connectivity index (χ4v) is 1.97. The van der Waals surface area contributed by atoms with Gasteiger partial charge in [0.15, 0.2) is 5.52 Å². The van der Waals surface area contributed by atoms with Crippen molar-refractivity contribution in [1.82, 2.24) is 19.5 Å². The molecule has 3 rings (SSSR count). The highest BCUT2D eigenvalue weighted by Gasteiger charge is 2.36. The SMILES string of the molecule is Cn1c(C(F)(F)F)nc2cnc(N3CCC3)nc2c1=O.